The Labute approximate surface area is 90.7 Å². The summed E-state index contributed by atoms with van der Waals surface area (Å²) in [6.45, 7) is 3.10. The number of carbonyl (C=O) groups is 1. The first-order valence-electron chi connectivity index (χ1n) is 5.68. The highest BCUT2D eigenvalue weighted by molar-refractivity contribution is 6.00. The summed E-state index contributed by atoms with van der Waals surface area (Å²) in [4.78, 5) is 12.0. The second-order valence-electron chi connectivity index (χ2n) is 4.06. The van der Waals surface area contributed by atoms with Crippen LogP contribution in [0.25, 0.3) is 0 Å². The van der Waals surface area contributed by atoms with E-state index in [4.69, 9.17) is 0 Å². The Hall–Kier alpha value is -1.15. The van der Waals surface area contributed by atoms with Crippen LogP contribution in [-0.4, -0.2) is 18.4 Å². The van der Waals surface area contributed by atoms with Crippen LogP contribution in [0.3, 0.4) is 0 Å². The number of ketones is 1. The van der Waals surface area contributed by atoms with Gasteiger partial charge in [-0.25, -0.2) is 0 Å². The number of nitrogens with one attached hydrogen (secondary N) is 1. The van der Waals surface area contributed by atoms with E-state index in [2.05, 4.69) is 12.2 Å². The Morgan fingerprint density at radius 3 is 2.67 bits per heavy atom. The van der Waals surface area contributed by atoms with Crippen molar-refractivity contribution in [1.29, 1.82) is 0 Å². The Kier molecular flexibility index (Phi) is 3.17. The summed E-state index contributed by atoms with van der Waals surface area (Å²) >= 11 is 0. The maximum atomic E-state index is 12.0. The molecule has 1 N–H and O–H groups in total. The maximum absolute atomic E-state index is 12.0. The van der Waals surface area contributed by atoms with Crippen molar-refractivity contribution in [3.05, 3.63) is 35.4 Å². The zero-order valence-electron chi connectivity index (χ0n) is 9.12. The quantitative estimate of drug-likeness (QED) is 0.763. The van der Waals surface area contributed by atoms with Gasteiger partial charge in [0.15, 0.2) is 5.78 Å². The standard InChI is InChI=1S/C13H17NO/c1-2-10-5-7-11(8-6-10)13(15)12-4-3-9-14-12/h5-8,12,14H,2-4,9H2,1H3. The number of Topliss-reactive ketones (excluding diaryl/α,β-unsaturated/α-hetero) is 1. The van der Waals surface area contributed by atoms with Gasteiger partial charge in [-0.1, -0.05) is 31.2 Å². The Balaban J connectivity index is 2.11. The van der Waals surface area contributed by atoms with Gasteiger partial charge in [0.1, 0.15) is 0 Å². The number of aryl methyl sites for hydroxylation is 1. The third-order valence-electron chi connectivity index (χ3n) is 3.02. The predicted octanol–water partition coefficient (Wildman–Crippen LogP) is 2.18. The van der Waals surface area contributed by atoms with E-state index in [-0.39, 0.29) is 11.8 Å². The minimum Gasteiger partial charge on any atom is -0.307 e. The van der Waals surface area contributed by atoms with Gasteiger partial charge in [-0.2, -0.15) is 0 Å². The minimum atomic E-state index is 0.0532. The summed E-state index contributed by atoms with van der Waals surface area (Å²) in [5.41, 5.74) is 2.12. The molecule has 0 radical (unpaired) electrons. The first-order chi connectivity index (χ1) is 7.31. The smallest absolute Gasteiger partial charge is 0.179 e. The molecule has 0 saturated carbocycles. The molecule has 0 amide bonds. The highest BCUT2D eigenvalue weighted by atomic mass is 16.1. The Morgan fingerprint density at radius 2 is 2.13 bits per heavy atom. The van der Waals surface area contributed by atoms with Gasteiger partial charge >= 0.3 is 0 Å². The molecule has 0 bridgehead atoms. The molecule has 1 aromatic rings. The molecular formula is C13H17NO. The van der Waals surface area contributed by atoms with Gasteiger partial charge in [0.05, 0.1) is 6.04 Å². The van der Waals surface area contributed by atoms with Gasteiger partial charge in [-0.05, 0) is 31.4 Å². The Bertz CT molecular complexity index is 336. The predicted molar refractivity (Wildman–Crippen MR) is 61.2 cm³/mol. The zero-order valence-corrected chi connectivity index (χ0v) is 9.12. The van der Waals surface area contributed by atoms with Crippen molar-refractivity contribution in [2.75, 3.05) is 6.54 Å². The molecular weight excluding hydrogens is 186 g/mol. The third-order valence-corrected chi connectivity index (χ3v) is 3.02. The fraction of sp³-hybridized carbons (Fsp3) is 0.462. The van der Waals surface area contributed by atoms with Crippen LogP contribution in [0.15, 0.2) is 24.3 Å². The van der Waals surface area contributed by atoms with Crippen LogP contribution in [-0.2, 0) is 6.42 Å². The fourth-order valence-electron chi connectivity index (χ4n) is 2.01. The molecule has 1 aliphatic rings. The van der Waals surface area contributed by atoms with Gasteiger partial charge in [-0.3, -0.25) is 4.79 Å². The monoisotopic (exact) mass is 203 g/mol. The molecule has 1 heterocycles. The first kappa shape index (κ1) is 10.4. The van der Waals surface area contributed by atoms with Crippen LogP contribution in [0, 0.1) is 0 Å². The van der Waals surface area contributed by atoms with E-state index < -0.39 is 0 Å². The lowest BCUT2D eigenvalue weighted by Crippen LogP contribution is -2.30. The maximum Gasteiger partial charge on any atom is 0.179 e. The van der Waals surface area contributed by atoms with Gasteiger partial charge < -0.3 is 5.32 Å². The van der Waals surface area contributed by atoms with Crippen LogP contribution in [0.4, 0.5) is 0 Å². The average molecular weight is 203 g/mol. The van der Waals surface area contributed by atoms with Crippen LogP contribution >= 0.6 is 0 Å². The van der Waals surface area contributed by atoms with E-state index in [1.165, 1.54) is 5.56 Å². The fourth-order valence-corrected chi connectivity index (χ4v) is 2.01. The molecule has 0 spiro atoms. The van der Waals surface area contributed by atoms with Gasteiger partial charge in [0.25, 0.3) is 0 Å². The summed E-state index contributed by atoms with van der Waals surface area (Å²) in [6.07, 6.45) is 3.12. The first-order valence-corrected chi connectivity index (χ1v) is 5.68. The summed E-state index contributed by atoms with van der Waals surface area (Å²) in [5, 5.41) is 3.23. The van der Waals surface area contributed by atoms with Crippen molar-refractivity contribution in [1.82, 2.24) is 5.32 Å². The van der Waals surface area contributed by atoms with Gasteiger partial charge in [0.2, 0.25) is 0 Å². The van der Waals surface area contributed by atoms with Crippen molar-refractivity contribution in [2.24, 2.45) is 0 Å². The normalized spacial score (nSPS) is 20.5. The number of benzene rings is 1. The molecule has 80 valence electrons. The highest BCUT2D eigenvalue weighted by Crippen LogP contribution is 2.13. The van der Waals surface area contributed by atoms with Crippen LogP contribution in [0.1, 0.15) is 35.7 Å². The molecule has 2 heteroatoms. The van der Waals surface area contributed by atoms with E-state index >= 15 is 0 Å². The van der Waals surface area contributed by atoms with Crippen molar-refractivity contribution in [3.8, 4) is 0 Å². The molecule has 15 heavy (non-hydrogen) atoms. The minimum absolute atomic E-state index is 0.0532. The second-order valence-corrected chi connectivity index (χ2v) is 4.06. The van der Waals surface area contributed by atoms with Gasteiger partial charge in [0, 0.05) is 5.56 Å². The summed E-state index contributed by atoms with van der Waals surface area (Å²) in [7, 11) is 0. The lowest BCUT2D eigenvalue weighted by atomic mass is 10.0. The van der Waals surface area contributed by atoms with Crippen molar-refractivity contribution < 1.29 is 4.79 Å². The van der Waals surface area contributed by atoms with Crippen LogP contribution < -0.4 is 5.32 Å². The zero-order chi connectivity index (χ0) is 10.7. The van der Waals surface area contributed by atoms with Gasteiger partial charge in [-0.15, -0.1) is 0 Å². The third kappa shape index (κ3) is 2.26. The number of hydrogen-bond donors (Lipinski definition) is 1. The lowest BCUT2D eigenvalue weighted by molar-refractivity contribution is 0.0952. The summed E-state index contributed by atoms with van der Waals surface area (Å²) in [6, 6.07) is 8.03. The molecule has 1 fully saturated rings. The highest BCUT2D eigenvalue weighted by Gasteiger charge is 2.22. The molecule has 0 aliphatic carbocycles. The van der Waals surface area contributed by atoms with Crippen molar-refractivity contribution in [3.63, 3.8) is 0 Å². The van der Waals surface area contributed by atoms with Crippen LogP contribution in [0.2, 0.25) is 0 Å². The SMILES string of the molecule is CCc1ccc(C(=O)C2CCCN2)cc1. The van der Waals surface area contributed by atoms with E-state index in [9.17, 15) is 4.79 Å². The number of carbonyl (C=O) groups excluding carboxylic acids is 1. The van der Waals surface area contributed by atoms with E-state index in [1.54, 1.807) is 0 Å². The molecule has 1 aliphatic heterocycles. The second kappa shape index (κ2) is 4.58. The van der Waals surface area contributed by atoms with E-state index in [0.717, 1.165) is 31.4 Å². The molecule has 0 aromatic heterocycles. The summed E-state index contributed by atoms with van der Waals surface area (Å²) < 4.78 is 0. The van der Waals surface area contributed by atoms with E-state index in [1.807, 2.05) is 24.3 Å². The molecule has 1 unspecified atom stereocenters. The molecule has 2 rings (SSSR count). The average Bonchev–Trinajstić information content (AvgIpc) is 2.82. The Morgan fingerprint density at radius 1 is 1.40 bits per heavy atom. The van der Waals surface area contributed by atoms with Crippen molar-refractivity contribution >= 4 is 5.78 Å². The molecule has 1 aromatic carbocycles. The lowest BCUT2D eigenvalue weighted by Gasteiger charge is -2.09. The summed E-state index contributed by atoms with van der Waals surface area (Å²) in [5.74, 6) is 0.246. The molecule has 2 nitrogen and oxygen atoms in total. The largest absolute Gasteiger partial charge is 0.307 e. The van der Waals surface area contributed by atoms with Crippen LogP contribution in [0.5, 0.6) is 0 Å². The van der Waals surface area contributed by atoms with Crippen molar-refractivity contribution in [2.45, 2.75) is 32.2 Å². The molecule has 1 atom stereocenters. The van der Waals surface area contributed by atoms with E-state index in [0.29, 0.717) is 0 Å². The number of hydrogen-bond acceptors (Lipinski definition) is 2. The molecule has 1 saturated heterocycles. The topological polar surface area (TPSA) is 29.1 Å². The number of rotatable bonds is 3.